The maximum absolute atomic E-state index is 13.4. The fourth-order valence-electron chi connectivity index (χ4n) is 4.38. The average molecular weight is 538 g/mol. The van der Waals surface area contributed by atoms with Crippen LogP contribution in [0.2, 0.25) is 0 Å². The molecule has 1 fully saturated rings. The molecule has 2 heterocycles. The summed E-state index contributed by atoms with van der Waals surface area (Å²) in [6.45, 7) is 0.784. The molecule has 0 bridgehead atoms. The van der Waals surface area contributed by atoms with Crippen molar-refractivity contribution in [3.05, 3.63) is 90.3 Å². The summed E-state index contributed by atoms with van der Waals surface area (Å²) >= 11 is 0. The highest BCUT2D eigenvalue weighted by Crippen LogP contribution is 2.26. The fourth-order valence-corrected chi connectivity index (χ4v) is 5.82. The summed E-state index contributed by atoms with van der Waals surface area (Å²) < 4.78 is 32.7. The highest BCUT2D eigenvalue weighted by molar-refractivity contribution is 7.89. The monoisotopic (exact) mass is 537 g/mol. The zero-order valence-corrected chi connectivity index (χ0v) is 21.6. The molecule has 10 nitrogen and oxygen atoms in total. The second kappa shape index (κ2) is 12.6. The number of hydrogen-bond donors (Lipinski definition) is 3. The number of pyridine rings is 1. The number of benzene rings is 2. The van der Waals surface area contributed by atoms with Crippen LogP contribution < -0.4 is 16.4 Å². The first kappa shape index (κ1) is 27.2. The number of rotatable bonds is 9. The molecule has 4 N–H and O–H groups in total. The molecule has 4 rings (SSSR count). The summed E-state index contributed by atoms with van der Waals surface area (Å²) in [4.78, 5) is 30.1. The van der Waals surface area contributed by atoms with Crippen LogP contribution in [0.4, 0.5) is 10.5 Å². The van der Waals surface area contributed by atoms with E-state index in [1.54, 1.807) is 24.3 Å². The van der Waals surface area contributed by atoms with Gasteiger partial charge in [-0.05, 0) is 54.2 Å². The normalized spacial score (nSPS) is 15.4. The van der Waals surface area contributed by atoms with Gasteiger partial charge in [-0.2, -0.15) is 4.31 Å². The molecule has 0 radical (unpaired) electrons. The number of aromatic nitrogens is 1. The van der Waals surface area contributed by atoms with E-state index in [0.29, 0.717) is 25.1 Å². The third kappa shape index (κ3) is 6.94. The number of alkyl carbamates (subject to hydrolysis) is 1. The van der Waals surface area contributed by atoms with Crippen molar-refractivity contribution in [2.24, 2.45) is 11.7 Å². The van der Waals surface area contributed by atoms with Gasteiger partial charge in [0.05, 0.1) is 0 Å². The van der Waals surface area contributed by atoms with E-state index in [4.69, 9.17) is 10.5 Å². The standard InChI is InChI=1S/C27H31N5O5S/c28-17-21-8-4-9-23(16-21)30-26(33)25(31-27(34)37-19-20-6-2-1-3-7-20)22-11-14-32(15-12-22)38(35,36)24-10-5-13-29-18-24/h1-10,13,16,18,22,25H,11-12,14-15,17,19,28H2,(H,30,33)(H,31,34)/t25-/m1/s1. The molecule has 2 aromatic carbocycles. The predicted molar refractivity (Wildman–Crippen MR) is 142 cm³/mol. The maximum atomic E-state index is 13.4. The topological polar surface area (TPSA) is 144 Å². The van der Waals surface area contributed by atoms with Gasteiger partial charge in [0, 0.05) is 37.7 Å². The van der Waals surface area contributed by atoms with Gasteiger partial charge in [0.2, 0.25) is 15.9 Å². The molecule has 1 aromatic heterocycles. The van der Waals surface area contributed by atoms with Gasteiger partial charge >= 0.3 is 6.09 Å². The summed E-state index contributed by atoms with van der Waals surface area (Å²) in [6, 6.07) is 18.5. The van der Waals surface area contributed by atoms with Crippen LogP contribution in [-0.4, -0.2) is 48.8 Å². The molecule has 0 aliphatic carbocycles. The molecule has 1 aliphatic rings. The van der Waals surface area contributed by atoms with Gasteiger partial charge in [0.15, 0.2) is 0 Å². The second-order valence-electron chi connectivity index (χ2n) is 9.01. The van der Waals surface area contributed by atoms with Crippen molar-refractivity contribution in [2.45, 2.75) is 36.9 Å². The number of sulfonamides is 1. The summed E-state index contributed by atoms with van der Waals surface area (Å²) in [5, 5.41) is 5.57. The number of anilines is 1. The van der Waals surface area contributed by atoms with Crippen LogP contribution in [0.25, 0.3) is 0 Å². The van der Waals surface area contributed by atoms with Crippen molar-refractivity contribution >= 4 is 27.7 Å². The summed E-state index contributed by atoms with van der Waals surface area (Å²) in [6.07, 6.45) is 2.85. The summed E-state index contributed by atoms with van der Waals surface area (Å²) in [7, 11) is -3.70. The lowest BCUT2D eigenvalue weighted by Gasteiger charge is -2.35. The van der Waals surface area contributed by atoms with Crippen molar-refractivity contribution in [1.29, 1.82) is 0 Å². The highest BCUT2D eigenvalue weighted by Gasteiger charge is 2.36. The summed E-state index contributed by atoms with van der Waals surface area (Å²) in [5.74, 6) is -0.721. The number of carbonyl (C=O) groups is 2. The first-order valence-electron chi connectivity index (χ1n) is 12.3. The van der Waals surface area contributed by atoms with Crippen LogP contribution in [0.5, 0.6) is 0 Å². The molecule has 1 aliphatic heterocycles. The van der Waals surface area contributed by atoms with Gasteiger partial charge in [0.1, 0.15) is 17.5 Å². The number of carbonyl (C=O) groups excluding carboxylic acids is 2. The van der Waals surface area contributed by atoms with Crippen molar-refractivity contribution in [3.8, 4) is 0 Å². The van der Waals surface area contributed by atoms with Crippen LogP contribution in [0.15, 0.2) is 84.0 Å². The number of amides is 2. The third-order valence-corrected chi connectivity index (χ3v) is 8.32. The van der Waals surface area contributed by atoms with E-state index in [1.165, 1.54) is 22.8 Å². The van der Waals surface area contributed by atoms with Crippen LogP contribution in [0.1, 0.15) is 24.0 Å². The lowest BCUT2D eigenvalue weighted by Crippen LogP contribution is -2.52. The van der Waals surface area contributed by atoms with Crippen LogP contribution in [-0.2, 0) is 32.7 Å². The van der Waals surface area contributed by atoms with E-state index in [-0.39, 0.29) is 30.5 Å². The van der Waals surface area contributed by atoms with E-state index >= 15 is 0 Å². The molecular weight excluding hydrogens is 506 g/mol. The number of nitrogens with two attached hydrogens (primary N) is 1. The molecule has 200 valence electrons. The average Bonchev–Trinajstić information content (AvgIpc) is 2.96. The van der Waals surface area contributed by atoms with Crippen LogP contribution in [0, 0.1) is 5.92 Å². The van der Waals surface area contributed by atoms with Gasteiger partial charge in [0.25, 0.3) is 0 Å². The maximum Gasteiger partial charge on any atom is 0.408 e. The molecule has 11 heteroatoms. The molecule has 3 aromatic rings. The van der Waals surface area contributed by atoms with E-state index < -0.39 is 28.1 Å². The number of nitrogens with one attached hydrogen (secondary N) is 2. The third-order valence-electron chi connectivity index (χ3n) is 6.44. The van der Waals surface area contributed by atoms with Gasteiger partial charge in [-0.1, -0.05) is 42.5 Å². The van der Waals surface area contributed by atoms with Gasteiger partial charge in [-0.3, -0.25) is 9.78 Å². The minimum absolute atomic E-state index is 0.0569. The Hall–Kier alpha value is -3.80. The smallest absolute Gasteiger partial charge is 0.408 e. The first-order chi connectivity index (χ1) is 18.4. The van der Waals surface area contributed by atoms with Crippen molar-refractivity contribution < 1.29 is 22.7 Å². The van der Waals surface area contributed by atoms with Gasteiger partial charge in [-0.15, -0.1) is 0 Å². The second-order valence-corrected chi connectivity index (χ2v) is 10.9. The van der Waals surface area contributed by atoms with E-state index in [9.17, 15) is 18.0 Å². The van der Waals surface area contributed by atoms with Gasteiger partial charge < -0.3 is 21.1 Å². The fraction of sp³-hybridized carbons (Fsp3) is 0.296. The van der Waals surface area contributed by atoms with Gasteiger partial charge in [-0.25, -0.2) is 13.2 Å². The molecular formula is C27H31N5O5S. The molecule has 0 unspecified atom stereocenters. The Bertz CT molecular complexity index is 1330. The minimum Gasteiger partial charge on any atom is -0.445 e. The Labute approximate surface area is 222 Å². The molecule has 1 atom stereocenters. The zero-order chi connectivity index (χ0) is 27.0. The quantitative estimate of drug-likeness (QED) is 0.381. The highest BCUT2D eigenvalue weighted by atomic mass is 32.2. The summed E-state index contributed by atoms with van der Waals surface area (Å²) in [5.41, 5.74) is 7.94. The predicted octanol–water partition coefficient (Wildman–Crippen LogP) is 2.87. The Balaban J connectivity index is 1.45. The Morgan fingerprint density at radius 3 is 2.45 bits per heavy atom. The lowest BCUT2D eigenvalue weighted by atomic mass is 9.89. The zero-order valence-electron chi connectivity index (χ0n) is 20.8. The van der Waals surface area contributed by atoms with Crippen LogP contribution >= 0.6 is 0 Å². The molecule has 2 amide bonds. The molecule has 0 spiro atoms. The minimum atomic E-state index is -3.70. The number of piperidine rings is 1. The van der Waals surface area contributed by atoms with Crippen molar-refractivity contribution in [2.75, 3.05) is 18.4 Å². The Morgan fingerprint density at radius 1 is 1.03 bits per heavy atom. The number of ether oxygens (including phenoxy) is 1. The number of nitrogens with zero attached hydrogens (tertiary/aromatic N) is 2. The SMILES string of the molecule is NCc1cccc(NC(=O)[C@H](NC(=O)OCc2ccccc2)C2CCN(S(=O)(=O)c3cccnc3)CC2)c1. The van der Waals surface area contributed by atoms with Crippen LogP contribution in [0.3, 0.4) is 0 Å². The Kier molecular flexibility index (Phi) is 9.06. The Morgan fingerprint density at radius 2 is 1.76 bits per heavy atom. The number of hydrogen-bond acceptors (Lipinski definition) is 7. The molecule has 38 heavy (non-hydrogen) atoms. The lowest BCUT2D eigenvalue weighted by molar-refractivity contribution is -0.119. The largest absolute Gasteiger partial charge is 0.445 e. The van der Waals surface area contributed by atoms with E-state index in [2.05, 4.69) is 15.6 Å². The van der Waals surface area contributed by atoms with Crippen molar-refractivity contribution in [1.82, 2.24) is 14.6 Å². The first-order valence-corrected chi connectivity index (χ1v) is 13.8. The van der Waals surface area contributed by atoms with Crippen molar-refractivity contribution in [3.63, 3.8) is 0 Å². The van der Waals surface area contributed by atoms with E-state index in [1.807, 2.05) is 36.4 Å². The van der Waals surface area contributed by atoms with E-state index in [0.717, 1.165) is 11.1 Å². The molecule has 0 saturated carbocycles. The molecule has 1 saturated heterocycles.